The summed E-state index contributed by atoms with van der Waals surface area (Å²) >= 11 is 7.85. The lowest BCUT2D eigenvalue weighted by atomic mass is 10.1. The van der Waals surface area contributed by atoms with Crippen LogP contribution in [0, 0.1) is 0 Å². The predicted molar refractivity (Wildman–Crippen MR) is 153 cm³/mol. The van der Waals surface area contributed by atoms with Crippen molar-refractivity contribution >= 4 is 38.7 Å². The number of hydrogen-bond donors (Lipinski definition) is 1. The second-order valence-corrected chi connectivity index (χ2v) is 12.6. The molecule has 3 aromatic carbocycles. The molecule has 0 aliphatic heterocycles. The van der Waals surface area contributed by atoms with Gasteiger partial charge in [-0.25, -0.2) is 13.1 Å². The zero-order valence-electron chi connectivity index (χ0n) is 21.3. The van der Waals surface area contributed by atoms with Gasteiger partial charge >= 0.3 is 6.18 Å². The normalized spacial score (nSPS) is 11.9. The first-order valence-corrected chi connectivity index (χ1v) is 15.2. The van der Waals surface area contributed by atoms with Gasteiger partial charge in [0.15, 0.2) is 15.5 Å². The molecule has 0 aliphatic carbocycles. The van der Waals surface area contributed by atoms with E-state index in [0.717, 1.165) is 33.7 Å². The molecule has 41 heavy (non-hydrogen) atoms. The Kier molecular flexibility index (Phi) is 7.78. The van der Waals surface area contributed by atoms with Crippen LogP contribution in [-0.2, 0) is 22.6 Å². The molecule has 0 radical (unpaired) electrons. The Labute approximate surface area is 243 Å². The van der Waals surface area contributed by atoms with Crippen molar-refractivity contribution in [2.24, 2.45) is 0 Å². The molecule has 0 aliphatic rings. The zero-order chi connectivity index (χ0) is 29.4. The van der Waals surface area contributed by atoms with Crippen molar-refractivity contribution in [3.05, 3.63) is 113 Å². The second kappa shape index (κ2) is 11.2. The summed E-state index contributed by atoms with van der Waals surface area (Å²) in [5.41, 5.74) is 1.65. The summed E-state index contributed by atoms with van der Waals surface area (Å²) in [5, 5.41) is 7.61. The molecule has 0 atom stereocenters. The topological polar surface area (TPSA) is 81.1 Å². The van der Waals surface area contributed by atoms with Gasteiger partial charge in [0.2, 0.25) is 0 Å². The molecule has 2 aromatic heterocycles. The summed E-state index contributed by atoms with van der Waals surface area (Å²) in [5.74, 6) is -0.519. The molecular weight excluding hydrogens is 595 g/mol. The van der Waals surface area contributed by atoms with Crippen LogP contribution in [0.5, 0.6) is 0 Å². The number of alkyl halides is 3. The summed E-state index contributed by atoms with van der Waals surface area (Å²) in [7, 11) is -3.39. The fourth-order valence-electron chi connectivity index (χ4n) is 4.07. The number of rotatable bonds is 7. The number of thiophene rings is 1. The van der Waals surface area contributed by atoms with E-state index in [1.54, 1.807) is 47.1 Å². The first-order chi connectivity index (χ1) is 19.4. The summed E-state index contributed by atoms with van der Waals surface area (Å²) in [6.45, 7) is 0.00504. The third kappa shape index (κ3) is 6.37. The van der Waals surface area contributed by atoms with Gasteiger partial charge in [-0.05, 0) is 65.7 Å². The van der Waals surface area contributed by atoms with Crippen molar-refractivity contribution in [2.45, 2.75) is 17.6 Å². The van der Waals surface area contributed by atoms with E-state index < -0.39 is 27.5 Å². The first-order valence-electron chi connectivity index (χ1n) is 12.1. The van der Waals surface area contributed by atoms with Crippen molar-refractivity contribution in [1.29, 1.82) is 0 Å². The van der Waals surface area contributed by atoms with Gasteiger partial charge in [0.05, 0.1) is 31.7 Å². The number of carbonyl (C=O) groups excluding carboxylic acids is 1. The molecule has 210 valence electrons. The lowest BCUT2D eigenvalue weighted by molar-refractivity contribution is -0.137. The number of para-hydroxylation sites is 1. The molecular formula is C29H21ClF3N3O3S2. The molecule has 5 aromatic rings. The van der Waals surface area contributed by atoms with E-state index in [1.165, 1.54) is 29.5 Å². The summed E-state index contributed by atoms with van der Waals surface area (Å²) in [4.78, 5) is 14.8. The third-order valence-corrected chi connectivity index (χ3v) is 8.75. The molecule has 0 bridgehead atoms. The van der Waals surface area contributed by atoms with E-state index in [0.29, 0.717) is 22.0 Å². The van der Waals surface area contributed by atoms with Gasteiger partial charge < -0.3 is 5.32 Å². The van der Waals surface area contributed by atoms with E-state index in [1.807, 2.05) is 18.2 Å². The second-order valence-electron chi connectivity index (χ2n) is 9.12. The molecule has 6 nitrogen and oxygen atoms in total. The Hall–Kier alpha value is -3.93. The van der Waals surface area contributed by atoms with Crippen LogP contribution in [0.25, 0.3) is 26.7 Å². The van der Waals surface area contributed by atoms with Crippen LogP contribution in [0.15, 0.2) is 95.9 Å². The van der Waals surface area contributed by atoms with E-state index in [-0.39, 0.29) is 17.1 Å². The molecule has 5 rings (SSSR count). The fraction of sp³-hybridized carbons (Fsp3) is 0.103. The minimum Gasteiger partial charge on any atom is -0.347 e. The van der Waals surface area contributed by atoms with Crippen molar-refractivity contribution in [3.8, 4) is 26.7 Å². The van der Waals surface area contributed by atoms with Crippen LogP contribution in [0.2, 0.25) is 5.02 Å². The zero-order valence-corrected chi connectivity index (χ0v) is 23.7. The molecule has 0 saturated carbocycles. The number of amides is 1. The van der Waals surface area contributed by atoms with Gasteiger partial charge in [0.25, 0.3) is 5.91 Å². The average Bonchev–Trinajstić information content (AvgIpc) is 3.59. The lowest BCUT2D eigenvalue weighted by Gasteiger charge is -2.08. The first kappa shape index (κ1) is 28.6. The highest BCUT2D eigenvalue weighted by Gasteiger charge is 2.30. The Morgan fingerprint density at radius 3 is 2.34 bits per heavy atom. The molecule has 0 spiro atoms. The number of benzene rings is 3. The van der Waals surface area contributed by atoms with E-state index in [9.17, 15) is 26.4 Å². The van der Waals surface area contributed by atoms with Crippen molar-refractivity contribution in [1.82, 2.24) is 15.1 Å². The molecule has 0 fully saturated rings. The molecule has 1 amide bonds. The lowest BCUT2D eigenvalue weighted by Crippen LogP contribution is -2.23. The highest BCUT2D eigenvalue weighted by molar-refractivity contribution is 7.90. The smallest absolute Gasteiger partial charge is 0.347 e. The van der Waals surface area contributed by atoms with Crippen LogP contribution < -0.4 is 5.32 Å². The third-order valence-electron chi connectivity index (χ3n) is 6.16. The van der Waals surface area contributed by atoms with E-state index in [4.69, 9.17) is 11.6 Å². The number of aromatic nitrogens is 2. The summed E-state index contributed by atoms with van der Waals surface area (Å²) < 4.78 is 64.2. The largest absolute Gasteiger partial charge is 0.416 e. The SMILES string of the molecule is CS(=O)(=O)c1cccc(-c2ccc(-c3cc(C(=O)NCc4ccc(C(F)(F)F)cc4)nn3-c3ccccc3Cl)s2)c1. The van der Waals surface area contributed by atoms with Gasteiger partial charge in [-0.3, -0.25) is 4.79 Å². The number of nitrogens with one attached hydrogen (secondary N) is 1. The highest BCUT2D eigenvalue weighted by atomic mass is 35.5. The van der Waals surface area contributed by atoms with Crippen LogP contribution in [0.3, 0.4) is 0 Å². The number of nitrogens with zero attached hydrogens (tertiary/aromatic N) is 2. The summed E-state index contributed by atoms with van der Waals surface area (Å²) in [6.07, 6.45) is -3.29. The minimum absolute atomic E-state index is 0.00504. The molecule has 12 heteroatoms. The standard InChI is InChI=1S/C29H21ClF3N3O3S2/c1-41(38,39)21-6-4-5-19(15-21)26-13-14-27(40-26)25-16-23(35-36(25)24-8-3-2-7-22(24)30)28(37)34-17-18-9-11-20(12-10-18)29(31,32)33/h2-16H,17H2,1H3,(H,34,37). The van der Waals surface area contributed by atoms with Gasteiger partial charge in [-0.1, -0.05) is 48.0 Å². The Balaban J connectivity index is 1.46. The monoisotopic (exact) mass is 615 g/mol. The van der Waals surface area contributed by atoms with Crippen molar-refractivity contribution in [2.75, 3.05) is 6.26 Å². The van der Waals surface area contributed by atoms with Gasteiger partial charge in [0, 0.05) is 17.7 Å². The predicted octanol–water partition coefficient (Wildman–Crippen LogP) is 7.27. The van der Waals surface area contributed by atoms with Gasteiger partial charge in [-0.15, -0.1) is 11.3 Å². The minimum atomic E-state index is -4.44. The van der Waals surface area contributed by atoms with Crippen LogP contribution in [-0.4, -0.2) is 30.4 Å². The molecule has 1 N–H and O–H groups in total. The van der Waals surface area contributed by atoms with Crippen LogP contribution in [0.1, 0.15) is 21.6 Å². The Bertz CT molecular complexity index is 1850. The van der Waals surface area contributed by atoms with Crippen LogP contribution in [0.4, 0.5) is 13.2 Å². The summed E-state index contributed by atoms with van der Waals surface area (Å²) in [6, 6.07) is 23.5. The maximum Gasteiger partial charge on any atom is 0.416 e. The van der Waals surface area contributed by atoms with Crippen LogP contribution >= 0.6 is 22.9 Å². The Morgan fingerprint density at radius 1 is 0.951 bits per heavy atom. The fourth-order valence-corrected chi connectivity index (χ4v) is 5.96. The van der Waals surface area contributed by atoms with Gasteiger partial charge in [0.1, 0.15) is 0 Å². The van der Waals surface area contributed by atoms with E-state index >= 15 is 0 Å². The molecule has 0 saturated heterocycles. The van der Waals surface area contributed by atoms with E-state index in [2.05, 4.69) is 10.4 Å². The van der Waals surface area contributed by atoms with Crippen molar-refractivity contribution in [3.63, 3.8) is 0 Å². The van der Waals surface area contributed by atoms with Crippen molar-refractivity contribution < 1.29 is 26.4 Å². The highest BCUT2D eigenvalue weighted by Crippen LogP contribution is 2.37. The maximum atomic E-state index is 13.1. The average molecular weight is 616 g/mol. The molecule has 0 unspecified atom stereocenters. The Morgan fingerprint density at radius 2 is 1.66 bits per heavy atom. The van der Waals surface area contributed by atoms with Gasteiger partial charge in [-0.2, -0.15) is 18.3 Å². The maximum absolute atomic E-state index is 13.1. The number of halogens is 4. The quantitative estimate of drug-likeness (QED) is 0.209. The number of carbonyl (C=O) groups is 1. The molecule has 2 heterocycles. The number of sulfone groups is 1. The number of hydrogen-bond acceptors (Lipinski definition) is 5.